The minimum absolute atomic E-state index is 0.212. The Bertz CT molecular complexity index is 553. The summed E-state index contributed by atoms with van der Waals surface area (Å²) < 4.78 is 5.61. The summed E-state index contributed by atoms with van der Waals surface area (Å²) in [6.45, 7) is 2.82. The molecule has 1 aliphatic heterocycles. The molecule has 2 unspecified atom stereocenters. The lowest BCUT2D eigenvalue weighted by molar-refractivity contribution is 0.299. The first-order valence-corrected chi connectivity index (χ1v) is 7.39. The summed E-state index contributed by atoms with van der Waals surface area (Å²) in [7, 11) is 0. The van der Waals surface area contributed by atoms with Crippen molar-refractivity contribution in [3.8, 4) is 11.5 Å². The summed E-state index contributed by atoms with van der Waals surface area (Å²) in [5, 5.41) is 17.3. The van der Waals surface area contributed by atoms with Crippen LogP contribution in [0, 0.1) is 0 Å². The first kappa shape index (κ1) is 12.5. The number of phenols is 1. The topological polar surface area (TPSA) is 41.5 Å². The van der Waals surface area contributed by atoms with E-state index in [1.807, 2.05) is 6.07 Å². The average molecular weight is 275 g/mol. The Balaban J connectivity index is 1.66. The van der Waals surface area contributed by atoms with Gasteiger partial charge in [0.2, 0.25) is 0 Å². The van der Waals surface area contributed by atoms with Crippen LogP contribution in [-0.4, -0.2) is 17.8 Å². The van der Waals surface area contributed by atoms with Crippen molar-refractivity contribution in [3.05, 3.63) is 46.2 Å². The van der Waals surface area contributed by atoms with Gasteiger partial charge in [0, 0.05) is 17.7 Å². The fourth-order valence-corrected chi connectivity index (χ4v) is 3.18. The second kappa shape index (κ2) is 5.23. The standard InChI is InChI=1S/C15H17NO2S/c1-10(6-11-4-5-19-9-11)16-14-8-18-15-7-12(17)2-3-13(14)15/h2-5,7,9-10,14,16-17H,6,8H2,1H3. The van der Waals surface area contributed by atoms with Crippen molar-refractivity contribution in [2.45, 2.75) is 25.4 Å². The zero-order valence-electron chi connectivity index (χ0n) is 10.8. The highest BCUT2D eigenvalue weighted by atomic mass is 32.1. The van der Waals surface area contributed by atoms with Gasteiger partial charge in [0.25, 0.3) is 0 Å². The lowest BCUT2D eigenvalue weighted by atomic mass is 10.1. The lowest BCUT2D eigenvalue weighted by Gasteiger charge is -2.18. The molecule has 0 bridgehead atoms. The molecule has 1 aromatic heterocycles. The number of ether oxygens (including phenoxy) is 1. The third-order valence-electron chi connectivity index (χ3n) is 3.39. The molecule has 2 N–H and O–H groups in total. The highest BCUT2D eigenvalue weighted by Crippen LogP contribution is 2.35. The second-order valence-electron chi connectivity index (χ2n) is 4.99. The average Bonchev–Trinajstić information content (AvgIpc) is 2.99. The number of fused-ring (bicyclic) bond motifs is 1. The predicted octanol–water partition coefficient (Wildman–Crippen LogP) is 3.11. The van der Waals surface area contributed by atoms with Gasteiger partial charge < -0.3 is 15.2 Å². The molecular weight excluding hydrogens is 258 g/mol. The second-order valence-corrected chi connectivity index (χ2v) is 5.77. The number of nitrogens with one attached hydrogen (secondary N) is 1. The van der Waals surface area contributed by atoms with Crippen LogP contribution >= 0.6 is 11.3 Å². The van der Waals surface area contributed by atoms with Crippen LogP contribution < -0.4 is 10.1 Å². The largest absolute Gasteiger partial charge is 0.508 e. The van der Waals surface area contributed by atoms with Crippen LogP contribution in [0.5, 0.6) is 11.5 Å². The van der Waals surface area contributed by atoms with Gasteiger partial charge in [0.05, 0.1) is 6.04 Å². The van der Waals surface area contributed by atoms with Crippen molar-refractivity contribution in [1.82, 2.24) is 5.32 Å². The Morgan fingerprint density at radius 3 is 3.16 bits per heavy atom. The summed E-state index contributed by atoms with van der Waals surface area (Å²) in [6.07, 6.45) is 1.02. The molecule has 3 nitrogen and oxygen atoms in total. The molecular formula is C15H17NO2S. The Labute approximate surface area is 116 Å². The van der Waals surface area contributed by atoms with E-state index < -0.39 is 0 Å². The monoisotopic (exact) mass is 275 g/mol. The predicted molar refractivity (Wildman–Crippen MR) is 77.0 cm³/mol. The number of hydrogen-bond acceptors (Lipinski definition) is 4. The van der Waals surface area contributed by atoms with E-state index in [1.165, 1.54) is 5.56 Å². The van der Waals surface area contributed by atoms with Crippen molar-refractivity contribution in [1.29, 1.82) is 0 Å². The van der Waals surface area contributed by atoms with Crippen molar-refractivity contribution in [2.75, 3.05) is 6.61 Å². The van der Waals surface area contributed by atoms with Crippen LogP contribution in [0.2, 0.25) is 0 Å². The molecule has 3 rings (SSSR count). The summed E-state index contributed by atoms with van der Waals surface area (Å²) in [4.78, 5) is 0. The minimum atomic E-state index is 0.212. The molecule has 0 aliphatic carbocycles. The third kappa shape index (κ3) is 2.74. The zero-order chi connectivity index (χ0) is 13.2. The van der Waals surface area contributed by atoms with Crippen LogP contribution in [0.25, 0.3) is 0 Å². The number of hydrogen-bond donors (Lipinski definition) is 2. The van der Waals surface area contributed by atoms with Crippen LogP contribution in [0.15, 0.2) is 35.0 Å². The van der Waals surface area contributed by atoms with Crippen molar-refractivity contribution < 1.29 is 9.84 Å². The molecule has 2 aromatic rings. The molecule has 2 heterocycles. The highest BCUT2D eigenvalue weighted by molar-refractivity contribution is 7.07. The number of benzene rings is 1. The number of aromatic hydroxyl groups is 1. The van der Waals surface area contributed by atoms with E-state index in [1.54, 1.807) is 23.5 Å². The van der Waals surface area contributed by atoms with E-state index in [2.05, 4.69) is 29.1 Å². The Morgan fingerprint density at radius 2 is 2.37 bits per heavy atom. The van der Waals surface area contributed by atoms with E-state index >= 15 is 0 Å². The van der Waals surface area contributed by atoms with E-state index in [0.29, 0.717) is 12.6 Å². The maximum atomic E-state index is 9.44. The molecule has 0 saturated carbocycles. The van der Waals surface area contributed by atoms with E-state index in [0.717, 1.165) is 17.7 Å². The first-order chi connectivity index (χ1) is 9.22. The molecule has 0 amide bonds. The van der Waals surface area contributed by atoms with Gasteiger partial charge in [0.1, 0.15) is 18.1 Å². The van der Waals surface area contributed by atoms with Crippen molar-refractivity contribution in [3.63, 3.8) is 0 Å². The Morgan fingerprint density at radius 1 is 1.47 bits per heavy atom. The zero-order valence-corrected chi connectivity index (χ0v) is 11.6. The van der Waals surface area contributed by atoms with E-state index in [9.17, 15) is 5.11 Å². The highest BCUT2D eigenvalue weighted by Gasteiger charge is 2.25. The summed E-state index contributed by atoms with van der Waals surface area (Å²) in [5.41, 5.74) is 2.50. The summed E-state index contributed by atoms with van der Waals surface area (Å²) >= 11 is 1.73. The molecule has 0 saturated heterocycles. The van der Waals surface area contributed by atoms with Gasteiger partial charge in [-0.2, -0.15) is 11.3 Å². The van der Waals surface area contributed by atoms with Gasteiger partial charge in [-0.05, 0) is 47.9 Å². The smallest absolute Gasteiger partial charge is 0.127 e. The fourth-order valence-electron chi connectivity index (χ4n) is 2.50. The summed E-state index contributed by atoms with van der Waals surface area (Å²) in [5.74, 6) is 1.05. The number of rotatable bonds is 4. The Hall–Kier alpha value is -1.52. The molecule has 2 atom stereocenters. The van der Waals surface area contributed by atoms with Crippen molar-refractivity contribution in [2.24, 2.45) is 0 Å². The maximum Gasteiger partial charge on any atom is 0.127 e. The molecule has 0 fully saturated rings. The molecule has 0 spiro atoms. The minimum Gasteiger partial charge on any atom is -0.508 e. The van der Waals surface area contributed by atoms with E-state index in [-0.39, 0.29) is 11.8 Å². The van der Waals surface area contributed by atoms with Crippen molar-refractivity contribution >= 4 is 11.3 Å². The van der Waals surface area contributed by atoms with Gasteiger partial charge in [-0.3, -0.25) is 0 Å². The maximum absolute atomic E-state index is 9.44. The van der Waals surface area contributed by atoms with Crippen LogP contribution in [0.1, 0.15) is 24.1 Å². The van der Waals surface area contributed by atoms with Gasteiger partial charge in [-0.15, -0.1) is 0 Å². The lowest BCUT2D eigenvalue weighted by Crippen LogP contribution is -2.32. The van der Waals surface area contributed by atoms with Crippen LogP contribution in [0.3, 0.4) is 0 Å². The third-order valence-corrected chi connectivity index (χ3v) is 4.12. The van der Waals surface area contributed by atoms with Gasteiger partial charge in [-0.25, -0.2) is 0 Å². The first-order valence-electron chi connectivity index (χ1n) is 6.45. The van der Waals surface area contributed by atoms with Crippen LogP contribution in [0.4, 0.5) is 0 Å². The van der Waals surface area contributed by atoms with Crippen LogP contribution in [-0.2, 0) is 6.42 Å². The number of thiophene rings is 1. The van der Waals surface area contributed by atoms with Gasteiger partial charge in [0.15, 0.2) is 0 Å². The fraction of sp³-hybridized carbons (Fsp3) is 0.333. The Kier molecular flexibility index (Phi) is 3.44. The molecule has 0 radical (unpaired) electrons. The molecule has 19 heavy (non-hydrogen) atoms. The molecule has 4 heteroatoms. The van der Waals surface area contributed by atoms with Gasteiger partial charge >= 0.3 is 0 Å². The van der Waals surface area contributed by atoms with E-state index in [4.69, 9.17) is 4.74 Å². The molecule has 1 aromatic carbocycles. The SMILES string of the molecule is CC(Cc1ccsc1)NC1COc2cc(O)ccc21. The van der Waals surface area contributed by atoms with Gasteiger partial charge in [-0.1, -0.05) is 0 Å². The normalized spacial score (nSPS) is 18.9. The summed E-state index contributed by atoms with van der Waals surface area (Å²) in [6, 6.07) is 8.10. The number of phenolic OH excluding ortho intramolecular Hbond substituents is 1. The quantitative estimate of drug-likeness (QED) is 0.901. The molecule has 100 valence electrons. The molecule has 1 aliphatic rings.